The average Bonchev–Trinajstić information content (AvgIpc) is 2.45. The monoisotopic (exact) mass is 335 g/mol. The number of nitrogens with zero attached hydrogens (tertiary/aromatic N) is 1. The Morgan fingerprint density at radius 3 is 0.955 bits per heavy atom. The molecule has 0 saturated carbocycles. The van der Waals surface area contributed by atoms with Crippen LogP contribution in [0.1, 0.15) is 92.9 Å². The highest BCUT2D eigenvalue weighted by Crippen LogP contribution is 2.16. The number of rotatable bonds is 12. The van der Waals surface area contributed by atoms with E-state index >= 15 is 0 Å². The molecule has 0 rings (SSSR count). The summed E-state index contributed by atoms with van der Waals surface area (Å²) in [5.41, 5.74) is 0. The van der Waals surface area contributed by atoms with E-state index in [-0.39, 0.29) is 18.2 Å². The first-order chi connectivity index (χ1) is 9.97. The lowest BCUT2D eigenvalue weighted by molar-refractivity contribution is -0.929. The molecule has 0 amide bonds. The molecule has 0 aromatic rings. The first-order valence-corrected chi connectivity index (χ1v) is 9.30. The minimum Gasteiger partial charge on any atom is -1.00 e. The Kier molecular flexibility index (Phi) is 23.1. The van der Waals surface area contributed by atoms with E-state index in [1.54, 1.807) is 0 Å². The second-order valence-corrected chi connectivity index (χ2v) is 6.56. The highest BCUT2D eigenvalue weighted by atomic mass is 35.5. The molecular weight excluding hydrogens is 294 g/mol. The molecule has 0 unspecified atom stereocenters. The summed E-state index contributed by atoms with van der Waals surface area (Å²) in [5.74, 6) is 0.167. The number of unbranched alkanes of at least 4 members (excludes halogenated alkanes) is 4. The van der Waals surface area contributed by atoms with Gasteiger partial charge >= 0.3 is 0 Å². The van der Waals surface area contributed by atoms with Gasteiger partial charge in [-0.2, -0.15) is 0 Å². The lowest BCUT2D eigenvalue weighted by Crippen LogP contribution is -3.00. The summed E-state index contributed by atoms with van der Waals surface area (Å²) in [6, 6.07) is 0. The van der Waals surface area contributed by atoms with Crippen molar-refractivity contribution in [2.24, 2.45) is 0 Å². The predicted molar refractivity (Wildman–Crippen MR) is 95.7 cm³/mol. The SMILES string of the molecule is CC(C)=O.CCCC[N+](CCCC)(CCCC)CCCC.[Cl-]. The fourth-order valence-corrected chi connectivity index (χ4v) is 2.64. The number of halogens is 1. The largest absolute Gasteiger partial charge is 1.00 e. The minimum absolute atomic E-state index is 0. The molecular formula is C19H42ClNO. The Labute approximate surface area is 147 Å². The van der Waals surface area contributed by atoms with Gasteiger partial charge in [0.25, 0.3) is 0 Å². The van der Waals surface area contributed by atoms with Crippen LogP contribution in [0.15, 0.2) is 0 Å². The normalized spacial score (nSPS) is 10.5. The molecule has 0 aliphatic carbocycles. The van der Waals surface area contributed by atoms with Gasteiger partial charge in [0.05, 0.1) is 26.2 Å². The van der Waals surface area contributed by atoms with Crippen LogP contribution in [-0.4, -0.2) is 36.4 Å². The molecule has 0 spiro atoms. The third kappa shape index (κ3) is 18.0. The summed E-state index contributed by atoms with van der Waals surface area (Å²) >= 11 is 0. The smallest absolute Gasteiger partial charge is 0.126 e. The third-order valence-corrected chi connectivity index (χ3v) is 3.94. The van der Waals surface area contributed by atoms with Crippen LogP contribution in [0, 0.1) is 0 Å². The van der Waals surface area contributed by atoms with Crippen molar-refractivity contribution in [3.8, 4) is 0 Å². The van der Waals surface area contributed by atoms with E-state index < -0.39 is 0 Å². The topological polar surface area (TPSA) is 17.1 Å². The van der Waals surface area contributed by atoms with Crippen molar-refractivity contribution in [2.45, 2.75) is 92.9 Å². The fraction of sp³-hybridized carbons (Fsp3) is 0.947. The van der Waals surface area contributed by atoms with Gasteiger partial charge in [-0.15, -0.1) is 0 Å². The van der Waals surface area contributed by atoms with Gasteiger partial charge in [-0.05, 0) is 39.5 Å². The summed E-state index contributed by atoms with van der Waals surface area (Å²) in [6.07, 6.45) is 11.1. The average molecular weight is 336 g/mol. The zero-order valence-electron chi connectivity index (χ0n) is 16.2. The van der Waals surface area contributed by atoms with E-state index in [4.69, 9.17) is 0 Å². The maximum absolute atomic E-state index is 9.44. The van der Waals surface area contributed by atoms with Crippen LogP contribution in [0.2, 0.25) is 0 Å². The van der Waals surface area contributed by atoms with Crippen molar-refractivity contribution in [1.82, 2.24) is 0 Å². The quantitative estimate of drug-likeness (QED) is 0.501. The van der Waals surface area contributed by atoms with Crippen LogP contribution < -0.4 is 12.4 Å². The Morgan fingerprint density at radius 2 is 0.818 bits per heavy atom. The molecule has 0 saturated heterocycles. The maximum atomic E-state index is 9.44. The fourth-order valence-electron chi connectivity index (χ4n) is 2.64. The predicted octanol–water partition coefficient (Wildman–Crippen LogP) is 2.60. The van der Waals surface area contributed by atoms with Crippen LogP contribution in [-0.2, 0) is 4.79 Å². The molecule has 0 bridgehead atoms. The van der Waals surface area contributed by atoms with E-state index in [2.05, 4.69) is 27.7 Å². The highest BCUT2D eigenvalue weighted by Gasteiger charge is 2.24. The summed E-state index contributed by atoms with van der Waals surface area (Å²) in [7, 11) is 0. The molecule has 0 heterocycles. The summed E-state index contributed by atoms with van der Waals surface area (Å²) < 4.78 is 1.42. The standard InChI is InChI=1S/C16H36N.C3H6O.ClH/c1-5-9-13-17(14-10-6-2,15-11-7-3)16-12-8-4;1-3(2)4;/h5-16H2,1-4H3;1-2H3;1H/q+1;;/p-1. The molecule has 0 atom stereocenters. The van der Waals surface area contributed by atoms with Gasteiger partial charge in [-0.3, -0.25) is 0 Å². The number of carbonyl (C=O) groups is 1. The van der Waals surface area contributed by atoms with Crippen molar-refractivity contribution in [3.63, 3.8) is 0 Å². The van der Waals surface area contributed by atoms with E-state index in [9.17, 15) is 4.79 Å². The first kappa shape index (κ1) is 26.8. The molecule has 0 aliphatic rings. The van der Waals surface area contributed by atoms with E-state index in [0.29, 0.717) is 0 Å². The van der Waals surface area contributed by atoms with Gasteiger partial charge in [0, 0.05) is 0 Å². The van der Waals surface area contributed by atoms with Crippen molar-refractivity contribution >= 4 is 5.78 Å². The number of hydrogen-bond donors (Lipinski definition) is 0. The molecule has 0 aromatic carbocycles. The molecule has 0 radical (unpaired) electrons. The summed E-state index contributed by atoms with van der Waals surface area (Å²) in [6.45, 7) is 18.1. The van der Waals surface area contributed by atoms with Crippen LogP contribution in [0.3, 0.4) is 0 Å². The molecule has 0 aliphatic heterocycles. The van der Waals surface area contributed by atoms with Crippen molar-refractivity contribution in [1.29, 1.82) is 0 Å². The van der Waals surface area contributed by atoms with E-state index in [1.165, 1.54) is 95.9 Å². The van der Waals surface area contributed by atoms with E-state index in [0.717, 1.165) is 0 Å². The van der Waals surface area contributed by atoms with Crippen molar-refractivity contribution in [2.75, 3.05) is 26.2 Å². The molecule has 22 heavy (non-hydrogen) atoms. The van der Waals surface area contributed by atoms with Gasteiger partial charge in [-0.25, -0.2) is 0 Å². The first-order valence-electron chi connectivity index (χ1n) is 9.30. The van der Waals surface area contributed by atoms with Crippen molar-refractivity contribution in [3.05, 3.63) is 0 Å². The lowest BCUT2D eigenvalue weighted by atomic mass is 10.1. The Hall–Kier alpha value is -0.0800. The number of carbonyl (C=O) groups excluding carboxylic acids is 1. The second kappa shape index (κ2) is 19.0. The van der Waals surface area contributed by atoms with E-state index in [1.807, 2.05) is 0 Å². The zero-order valence-corrected chi connectivity index (χ0v) is 17.0. The molecule has 0 N–H and O–H groups in total. The Morgan fingerprint density at radius 1 is 0.636 bits per heavy atom. The Balaban J connectivity index is -0.000000640. The van der Waals surface area contributed by atoms with Crippen LogP contribution in [0.5, 0.6) is 0 Å². The molecule has 3 heteroatoms. The minimum atomic E-state index is 0. The number of ketones is 1. The molecule has 2 nitrogen and oxygen atoms in total. The maximum Gasteiger partial charge on any atom is 0.126 e. The molecule has 0 aromatic heterocycles. The second-order valence-electron chi connectivity index (χ2n) is 6.56. The highest BCUT2D eigenvalue weighted by molar-refractivity contribution is 5.72. The van der Waals surface area contributed by atoms with Gasteiger partial charge in [-0.1, -0.05) is 53.4 Å². The van der Waals surface area contributed by atoms with Gasteiger partial charge in [0.15, 0.2) is 0 Å². The molecule has 0 fully saturated rings. The van der Waals surface area contributed by atoms with Crippen LogP contribution in [0.4, 0.5) is 0 Å². The van der Waals surface area contributed by atoms with Gasteiger partial charge < -0.3 is 21.7 Å². The number of hydrogen-bond acceptors (Lipinski definition) is 1. The van der Waals surface area contributed by atoms with Crippen LogP contribution in [0.25, 0.3) is 0 Å². The lowest BCUT2D eigenvalue weighted by Gasteiger charge is -2.39. The third-order valence-electron chi connectivity index (χ3n) is 3.94. The molecule has 136 valence electrons. The summed E-state index contributed by atoms with van der Waals surface area (Å²) in [4.78, 5) is 9.44. The Bertz CT molecular complexity index is 190. The van der Waals surface area contributed by atoms with Gasteiger partial charge in [0.2, 0.25) is 0 Å². The summed E-state index contributed by atoms with van der Waals surface area (Å²) in [5, 5.41) is 0. The van der Waals surface area contributed by atoms with Crippen LogP contribution >= 0.6 is 0 Å². The zero-order chi connectivity index (χ0) is 16.6. The van der Waals surface area contributed by atoms with Gasteiger partial charge in [0.1, 0.15) is 5.78 Å². The number of quaternary nitrogens is 1. The number of Topliss-reactive ketones (excluding diaryl/α,β-unsaturated/α-hetero) is 1. The van der Waals surface area contributed by atoms with Crippen molar-refractivity contribution < 1.29 is 21.7 Å².